The highest BCUT2D eigenvalue weighted by Gasteiger charge is 2.32. The molecule has 1 saturated heterocycles. The molecule has 108 valence electrons. The van der Waals surface area contributed by atoms with E-state index in [0.717, 1.165) is 12.1 Å². The van der Waals surface area contributed by atoms with Crippen molar-refractivity contribution in [2.45, 2.75) is 51.2 Å². The molecule has 2 heterocycles. The molecular formula is C16H23N3S. The molecule has 1 aromatic carbocycles. The van der Waals surface area contributed by atoms with Gasteiger partial charge in [0.25, 0.3) is 0 Å². The molecule has 0 spiro atoms. The summed E-state index contributed by atoms with van der Waals surface area (Å²) in [5, 5.41) is 1.22. The van der Waals surface area contributed by atoms with E-state index in [1.165, 1.54) is 29.0 Å². The van der Waals surface area contributed by atoms with Gasteiger partial charge >= 0.3 is 0 Å². The van der Waals surface area contributed by atoms with Crippen LogP contribution in [-0.2, 0) is 0 Å². The molecule has 0 saturated carbocycles. The Hall–Kier alpha value is -0.970. The first-order valence-corrected chi connectivity index (χ1v) is 8.35. The summed E-state index contributed by atoms with van der Waals surface area (Å²) in [6.07, 6.45) is 3.79. The van der Waals surface area contributed by atoms with Crippen LogP contribution in [0.3, 0.4) is 0 Å². The van der Waals surface area contributed by atoms with Gasteiger partial charge in [0, 0.05) is 18.6 Å². The van der Waals surface area contributed by atoms with Crippen LogP contribution in [-0.4, -0.2) is 28.5 Å². The monoisotopic (exact) mass is 289 g/mol. The van der Waals surface area contributed by atoms with Gasteiger partial charge < -0.3 is 5.73 Å². The molecule has 2 N–H and O–H groups in total. The van der Waals surface area contributed by atoms with Gasteiger partial charge in [-0.3, -0.25) is 4.90 Å². The minimum Gasteiger partial charge on any atom is -0.329 e. The lowest BCUT2D eigenvalue weighted by Gasteiger charge is -2.43. The lowest BCUT2D eigenvalue weighted by Crippen LogP contribution is -2.49. The molecular weight excluding hydrogens is 266 g/mol. The normalized spacial score (nSPS) is 25.9. The van der Waals surface area contributed by atoms with Crippen molar-refractivity contribution in [1.29, 1.82) is 0 Å². The van der Waals surface area contributed by atoms with E-state index in [1.807, 2.05) is 11.3 Å². The Morgan fingerprint density at radius 3 is 2.95 bits per heavy atom. The van der Waals surface area contributed by atoms with Crippen molar-refractivity contribution in [2.75, 3.05) is 6.54 Å². The van der Waals surface area contributed by atoms with Crippen LogP contribution in [0, 0.1) is 0 Å². The highest BCUT2D eigenvalue weighted by Crippen LogP contribution is 2.35. The Balaban J connectivity index is 1.91. The van der Waals surface area contributed by atoms with E-state index in [9.17, 15) is 0 Å². The molecule has 0 radical (unpaired) electrons. The van der Waals surface area contributed by atoms with Crippen LogP contribution >= 0.6 is 11.3 Å². The van der Waals surface area contributed by atoms with Crippen molar-refractivity contribution in [3.05, 3.63) is 29.3 Å². The average Bonchev–Trinajstić information content (AvgIpc) is 2.90. The lowest BCUT2D eigenvalue weighted by atomic mass is 9.94. The molecule has 0 amide bonds. The van der Waals surface area contributed by atoms with Gasteiger partial charge in [0.1, 0.15) is 5.01 Å². The number of benzene rings is 1. The Bertz CT molecular complexity index is 547. The molecule has 1 aromatic heterocycles. The smallest absolute Gasteiger partial charge is 0.111 e. The summed E-state index contributed by atoms with van der Waals surface area (Å²) in [6.45, 7) is 5.35. The number of nitrogens with two attached hydrogens (primary N) is 1. The van der Waals surface area contributed by atoms with Crippen LogP contribution in [0.15, 0.2) is 24.3 Å². The number of nitrogens with zero attached hydrogens (tertiary/aromatic N) is 2. The van der Waals surface area contributed by atoms with E-state index < -0.39 is 0 Å². The number of hydrogen-bond donors (Lipinski definition) is 1. The third-order valence-electron chi connectivity index (χ3n) is 4.48. The van der Waals surface area contributed by atoms with E-state index in [1.54, 1.807) is 0 Å². The quantitative estimate of drug-likeness (QED) is 0.939. The van der Waals surface area contributed by atoms with Gasteiger partial charge in [0.05, 0.1) is 16.3 Å². The molecule has 3 unspecified atom stereocenters. The highest BCUT2D eigenvalue weighted by molar-refractivity contribution is 7.18. The average molecular weight is 289 g/mol. The van der Waals surface area contributed by atoms with Crippen molar-refractivity contribution in [2.24, 2.45) is 5.73 Å². The van der Waals surface area contributed by atoms with Gasteiger partial charge in [-0.05, 0) is 38.8 Å². The summed E-state index contributed by atoms with van der Waals surface area (Å²) >= 11 is 1.82. The molecule has 1 fully saturated rings. The van der Waals surface area contributed by atoms with Crippen LogP contribution in [0.5, 0.6) is 0 Å². The van der Waals surface area contributed by atoms with E-state index in [0.29, 0.717) is 18.1 Å². The molecule has 2 aromatic rings. The zero-order valence-electron chi connectivity index (χ0n) is 12.2. The molecule has 1 aliphatic heterocycles. The fourth-order valence-corrected chi connectivity index (χ4v) is 4.47. The molecule has 1 aliphatic rings. The summed E-state index contributed by atoms with van der Waals surface area (Å²) in [5.74, 6) is 0. The Morgan fingerprint density at radius 1 is 1.40 bits per heavy atom. The lowest BCUT2D eigenvalue weighted by molar-refractivity contribution is 0.0570. The summed E-state index contributed by atoms with van der Waals surface area (Å²) < 4.78 is 1.28. The van der Waals surface area contributed by atoms with Crippen LogP contribution in [0.2, 0.25) is 0 Å². The maximum atomic E-state index is 5.99. The number of thiazole rings is 1. The van der Waals surface area contributed by atoms with Crippen LogP contribution in [0.4, 0.5) is 0 Å². The van der Waals surface area contributed by atoms with Gasteiger partial charge in [-0.1, -0.05) is 18.6 Å². The Morgan fingerprint density at radius 2 is 2.20 bits per heavy atom. The molecule has 3 nitrogen and oxygen atoms in total. The Kier molecular flexibility index (Phi) is 4.06. The van der Waals surface area contributed by atoms with Gasteiger partial charge in [-0.2, -0.15) is 0 Å². The summed E-state index contributed by atoms with van der Waals surface area (Å²) in [7, 11) is 0. The molecule has 4 heteroatoms. The van der Waals surface area contributed by atoms with Crippen LogP contribution in [0.1, 0.15) is 44.2 Å². The van der Waals surface area contributed by atoms with Crippen molar-refractivity contribution in [1.82, 2.24) is 9.88 Å². The van der Waals surface area contributed by atoms with E-state index in [2.05, 4.69) is 43.0 Å². The summed E-state index contributed by atoms with van der Waals surface area (Å²) in [4.78, 5) is 7.41. The third kappa shape index (κ3) is 2.48. The standard InChI is InChI=1S/C16H23N3S/c1-11-6-5-7-13(10-17)19(11)12(2)16-18-14-8-3-4-9-15(14)20-16/h3-4,8-9,11-13H,5-7,10,17H2,1-2H3. The van der Waals surface area contributed by atoms with Crippen molar-refractivity contribution < 1.29 is 0 Å². The zero-order valence-corrected chi connectivity index (χ0v) is 13.1. The number of rotatable bonds is 3. The van der Waals surface area contributed by atoms with E-state index in [-0.39, 0.29) is 0 Å². The number of likely N-dealkylation sites (tertiary alicyclic amines) is 1. The fraction of sp³-hybridized carbons (Fsp3) is 0.562. The third-order valence-corrected chi connectivity index (χ3v) is 5.68. The first-order chi connectivity index (χ1) is 9.70. The topological polar surface area (TPSA) is 42.1 Å². The van der Waals surface area contributed by atoms with Gasteiger partial charge in [-0.25, -0.2) is 4.98 Å². The largest absolute Gasteiger partial charge is 0.329 e. The SMILES string of the molecule is CC1CCCC(CN)N1C(C)c1nc2ccccc2s1. The number of hydrogen-bond acceptors (Lipinski definition) is 4. The van der Waals surface area contributed by atoms with Crippen LogP contribution < -0.4 is 5.73 Å². The minimum absolute atomic E-state index is 0.358. The maximum Gasteiger partial charge on any atom is 0.111 e. The molecule has 3 atom stereocenters. The first-order valence-electron chi connectivity index (χ1n) is 7.53. The zero-order chi connectivity index (χ0) is 14.1. The Labute approximate surface area is 124 Å². The van der Waals surface area contributed by atoms with Crippen molar-refractivity contribution in [3.63, 3.8) is 0 Å². The number of fused-ring (bicyclic) bond motifs is 1. The summed E-state index contributed by atoms with van der Waals surface area (Å²) in [5.41, 5.74) is 7.11. The predicted octanol–water partition coefficient (Wildman–Crippen LogP) is 3.56. The molecule has 0 aliphatic carbocycles. The minimum atomic E-state index is 0.358. The second-order valence-electron chi connectivity index (χ2n) is 5.81. The molecule has 3 rings (SSSR count). The van der Waals surface area contributed by atoms with E-state index >= 15 is 0 Å². The molecule has 20 heavy (non-hydrogen) atoms. The van der Waals surface area contributed by atoms with Gasteiger partial charge in [-0.15, -0.1) is 11.3 Å². The highest BCUT2D eigenvalue weighted by atomic mass is 32.1. The van der Waals surface area contributed by atoms with Crippen LogP contribution in [0.25, 0.3) is 10.2 Å². The number of para-hydroxylation sites is 1. The van der Waals surface area contributed by atoms with Crippen molar-refractivity contribution in [3.8, 4) is 0 Å². The second-order valence-corrected chi connectivity index (χ2v) is 6.87. The summed E-state index contributed by atoms with van der Waals surface area (Å²) in [6, 6.07) is 9.85. The number of piperidine rings is 1. The second kappa shape index (κ2) is 5.80. The van der Waals surface area contributed by atoms with Gasteiger partial charge in [0.15, 0.2) is 0 Å². The predicted molar refractivity (Wildman–Crippen MR) is 86.0 cm³/mol. The van der Waals surface area contributed by atoms with E-state index in [4.69, 9.17) is 10.7 Å². The first kappa shape index (κ1) is 14.0. The fourth-order valence-electron chi connectivity index (χ4n) is 3.44. The number of aromatic nitrogens is 1. The van der Waals surface area contributed by atoms with Gasteiger partial charge in [0.2, 0.25) is 0 Å². The van der Waals surface area contributed by atoms with Crippen molar-refractivity contribution >= 4 is 21.6 Å². The maximum absolute atomic E-state index is 5.99. The molecule has 0 bridgehead atoms.